The van der Waals surface area contributed by atoms with Gasteiger partial charge in [0.25, 0.3) is 0 Å². The summed E-state index contributed by atoms with van der Waals surface area (Å²) in [5.41, 5.74) is 0. The maximum atomic E-state index is 10.4. The van der Waals surface area contributed by atoms with Crippen molar-refractivity contribution in [2.24, 2.45) is 0 Å². The molecule has 0 aliphatic carbocycles. The molecule has 0 aliphatic rings. The first kappa shape index (κ1) is 79.1. The van der Waals surface area contributed by atoms with Gasteiger partial charge in [-0.25, -0.2) is 16.8 Å². The largest absolute Gasteiger partial charge is 2.00 e. The molecule has 0 atom stereocenters. The summed E-state index contributed by atoms with van der Waals surface area (Å²) in [7, 11) is -7.21. The second-order valence-corrected chi connectivity index (χ2v) is 11.3. The van der Waals surface area contributed by atoms with Crippen LogP contribution in [0.25, 0.3) is 0 Å². The van der Waals surface area contributed by atoms with Crippen molar-refractivity contribution in [3.63, 3.8) is 0 Å². The predicted octanol–water partition coefficient (Wildman–Crippen LogP) is -18.5. The summed E-state index contributed by atoms with van der Waals surface area (Å²) in [5, 5.41) is 83.2. The fourth-order valence-electron chi connectivity index (χ4n) is 2.88. The zero-order valence-electron chi connectivity index (χ0n) is 30.4. The first-order valence-electron chi connectivity index (χ1n) is 13.0. The number of hydrogen-bond donors (Lipinski definition) is 0. The zero-order valence-corrected chi connectivity index (χ0v) is 43.1. The van der Waals surface area contributed by atoms with Crippen molar-refractivity contribution in [1.29, 1.82) is 0 Å². The van der Waals surface area contributed by atoms with Crippen molar-refractivity contribution >= 4 is 257 Å². The van der Waals surface area contributed by atoms with Crippen LogP contribution >= 0.6 is 0 Å². The smallest absolute Gasteiger partial charge is 0.726 e. The van der Waals surface area contributed by atoms with Crippen molar-refractivity contribution in [3.8, 4) is 0 Å². The van der Waals surface area contributed by atoms with Crippen molar-refractivity contribution in [1.82, 2.24) is 19.6 Å². The van der Waals surface area contributed by atoms with E-state index >= 15 is 0 Å². The van der Waals surface area contributed by atoms with Crippen LogP contribution in [0.5, 0.6) is 0 Å². The van der Waals surface area contributed by atoms with Gasteiger partial charge in [-0.1, -0.05) is 0 Å². The minimum Gasteiger partial charge on any atom is -0.726 e. The quantitative estimate of drug-likeness (QED) is 0.0492. The molecule has 0 rings (SSSR count). The molecule has 0 unspecified atom stereocenters. The number of aliphatic carboxylic acids is 8. The Balaban J connectivity index is -0.0000000839. The molecule has 0 spiro atoms. The molecule has 0 aromatic heterocycles. The minimum absolute atomic E-state index is 0. The first-order chi connectivity index (χ1) is 23.5. The number of carbonyl (C=O) groups excluding carboxylic acids is 8. The molecule has 57 heavy (non-hydrogen) atoms. The Morgan fingerprint density at radius 3 is 0.491 bits per heavy atom. The number of carboxylic acid groups (broad SMARTS) is 8. The van der Waals surface area contributed by atoms with Crippen LogP contribution in [0.15, 0.2) is 0 Å². The molecule has 28 nitrogen and oxygen atoms in total. The molecule has 0 saturated carbocycles. The molecule has 0 saturated heterocycles. The molecule has 0 aromatic carbocycles. The van der Waals surface area contributed by atoms with Crippen LogP contribution in [-0.4, -0.2) is 375 Å². The van der Waals surface area contributed by atoms with Crippen LogP contribution in [0.2, 0.25) is 0 Å². The van der Waals surface area contributed by atoms with Crippen LogP contribution < -0.4 is 40.9 Å². The van der Waals surface area contributed by atoms with E-state index in [9.17, 15) is 105 Å². The molecule has 0 aromatic rings. The van der Waals surface area contributed by atoms with E-state index in [0.717, 1.165) is 33.8 Å². The second kappa shape index (κ2) is 45.7. The van der Waals surface area contributed by atoms with Gasteiger partial charge in [0.2, 0.25) is 20.8 Å². The molecule has 0 heterocycles. The van der Waals surface area contributed by atoms with Gasteiger partial charge in [0.05, 0.1) is 62.0 Å². The Bertz CT molecular complexity index is 1170. The van der Waals surface area contributed by atoms with E-state index in [1.54, 1.807) is 0 Å². The van der Waals surface area contributed by atoms with Gasteiger partial charge >= 0.3 is 189 Å². The molecule has 0 fully saturated rings. The Morgan fingerprint density at radius 2 is 0.439 bits per heavy atom. The third-order valence-corrected chi connectivity index (χ3v) is 5.51. The molecule has 0 aliphatic heterocycles. The molecule has 0 amide bonds. The fraction of sp³-hybridized carbons (Fsp3) is 0.636. The van der Waals surface area contributed by atoms with Gasteiger partial charge in [-0.2, -0.15) is 0 Å². The van der Waals surface area contributed by atoms with Gasteiger partial charge in [-0.05, 0) is 0 Å². The number of hydrogen-bond acceptors (Lipinski definition) is 28. The van der Waals surface area contributed by atoms with Crippen molar-refractivity contribution < 1.29 is 114 Å². The maximum Gasteiger partial charge on any atom is 2.00 e. The summed E-state index contributed by atoms with van der Waals surface area (Å²) >= 11 is 0. The first-order valence-corrected chi connectivity index (χ1v) is 15.7. The Hall–Kier alpha value is 1.64. The summed E-state index contributed by atoms with van der Waals surface area (Å²) in [5.74, 6) is -12.2. The Morgan fingerprint density at radius 1 is 0.351 bits per heavy atom. The Labute approximate surface area is 475 Å². The topological polar surface area (TPSA) is 467 Å². The van der Waals surface area contributed by atoms with E-state index in [2.05, 4.69) is 8.37 Å². The van der Waals surface area contributed by atoms with Crippen molar-refractivity contribution in [2.45, 2.75) is 0 Å². The van der Waals surface area contributed by atoms with Crippen molar-refractivity contribution in [3.05, 3.63) is 0 Å². The minimum atomic E-state index is -4.41. The molecular formula is C22H30Ca5N4O24S2. The Kier molecular flexibility index (Phi) is 63.3. The van der Waals surface area contributed by atoms with Crippen LogP contribution in [0, 0.1) is 0 Å². The molecule has 0 bridgehead atoms. The van der Waals surface area contributed by atoms with E-state index in [1.807, 2.05) is 0 Å². The normalized spacial score (nSPS) is 9.96. The summed E-state index contributed by atoms with van der Waals surface area (Å²) in [6.07, 6.45) is 0. The third kappa shape index (κ3) is 72.4. The summed E-state index contributed by atoms with van der Waals surface area (Å²) in [6.45, 7) is -6.50. The van der Waals surface area contributed by atoms with Gasteiger partial charge in [0, 0.05) is 78.5 Å². The van der Waals surface area contributed by atoms with Crippen LogP contribution in [-0.2, 0) is 67.5 Å². The SMILES string of the molecule is COS(=O)(=O)[O-].COS(=O)(=O)[O-].O=C([O-])CN(CCN(CC(=O)[O-])CC(=O)[O-])CC(=O)[O-].O=C([O-])CN(CCN(CC(=O)[O-])CC(=O)[O-])CC(=O)[O-].[Ca+2].[Ca+2].[Ca+2].[Ca+2].[Ca+2]. The number of carbonyl (C=O) groups is 8. The van der Waals surface area contributed by atoms with Gasteiger partial charge in [0.1, 0.15) is 0 Å². The van der Waals surface area contributed by atoms with E-state index in [1.165, 1.54) is 0 Å². The van der Waals surface area contributed by atoms with Crippen LogP contribution in [0.3, 0.4) is 0 Å². The zero-order chi connectivity index (χ0) is 41.8. The average Bonchev–Trinajstić information content (AvgIpc) is 2.92. The third-order valence-electron chi connectivity index (χ3n) is 4.69. The van der Waals surface area contributed by atoms with E-state index in [-0.39, 0.29) is 215 Å². The predicted molar refractivity (Wildman–Crippen MR) is 168 cm³/mol. The second-order valence-electron chi connectivity index (χ2n) is 8.97. The molecule has 0 radical (unpaired) electrons. The van der Waals surface area contributed by atoms with Crippen LogP contribution in [0.1, 0.15) is 0 Å². The molecular weight excluding hydrogens is 969 g/mol. The molecule has 35 heteroatoms. The van der Waals surface area contributed by atoms with Gasteiger partial charge in [-0.15, -0.1) is 0 Å². The molecule has 304 valence electrons. The summed E-state index contributed by atoms with van der Waals surface area (Å²) < 4.78 is 62.0. The number of nitrogens with zero attached hydrogens (tertiary/aromatic N) is 4. The standard InChI is InChI=1S/2C10H16N2O8.2CH4O4S.5Ca/c2*13-7(14)3-11(4-8(15)16)1-2-12(5-9(17)18)6-10(19)20;2*1-5-6(2,3)4;;;;;/h2*1-6H2,(H,13,14)(H,15,16)(H,17,18)(H,19,20);2*1H3,(H,2,3,4);;;;;/q;;;;5*+2/p-10. The van der Waals surface area contributed by atoms with E-state index in [0.29, 0.717) is 0 Å². The number of carboxylic acids is 8. The summed E-state index contributed by atoms with van der Waals surface area (Å²) in [4.78, 5) is 86.8. The maximum absolute atomic E-state index is 10.4. The van der Waals surface area contributed by atoms with E-state index < -0.39 is 121 Å². The van der Waals surface area contributed by atoms with E-state index in [4.69, 9.17) is 0 Å². The van der Waals surface area contributed by atoms with Crippen LogP contribution in [0.4, 0.5) is 0 Å². The number of rotatable bonds is 24. The monoisotopic (exact) mass is 998 g/mol. The summed E-state index contributed by atoms with van der Waals surface area (Å²) in [6, 6.07) is 0. The fourth-order valence-corrected chi connectivity index (χ4v) is 2.88. The molecule has 0 N–H and O–H groups in total. The van der Waals surface area contributed by atoms with Gasteiger partial charge < -0.3 is 88.3 Å². The average molecular weight is 999 g/mol. The van der Waals surface area contributed by atoms with Gasteiger partial charge in [0.15, 0.2) is 0 Å². The van der Waals surface area contributed by atoms with Crippen molar-refractivity contribution in [2.75, 3.05) is 92.8 Å². The van der Waals surface area contributed by atoms with Gasteiger partial charge in [-0.3, -0.25) is 28.0 Å².